The van der Waals surface area contributed by atoms with Gasteiger partial charge in [0.2, 0.25) is 0 Å². The maximum Gasteiger partial charge on any atom is 0.128 e. The number of ether oxygens (including phenoxy) is 3. The van der Waals surface area contributed by atoms with Gasteiger partial charge in [0.25, 0.3) is 0 Å². The average molecular weight is 287 g/mol. The van der Waals surface area contributed by atoms with Crippen molar-refractivity contribution in [2.24, 2.45) is 5.73 Å². The van der Waals surface area contributed by atoms with Crippen molar-refractivity contribution >= 4 is 0 Å². The third-order valence-corrected chi connectivity index (χ3v) is 3.26. The number of rotatable bonds is 6. The van der Waals surface area contributed by atoms with Crippen LogP contribution < -0.4 is 19.9 Å². The summed E-state index contributed by atoms with van der Waals surface area (Å²) in [6, 6.07) is 13.4. The van der Waals surface area contributed by atoms with Gasteiger partial charge in [0.15, 0.2) is 0 Å². The highest BCUT2D eigenvalue weighted by Gasteiger charge is 2.10. The first-order valence-electron chi connectivity index (χ1n) is 6.83. The summed E-state index contributed by atoms with van der Waals surface area (Å²) < 4.78 is 16.3. The minimum atomic E-state index is -0.0956. The Bertz CT molecular complexity index is 579. The van der Waals surface area contributed by atoms with Crippen molar-refractivity contribution in [1.29, 1.82) is 0 Å². The van der Waals surface area contributed by atoms with E-state index in [2.05, 4.69) is 0 Å². The van der Waals surface area contributed by atoms with Gasteiger partial charge in [-0.05, 0) is 30.7 Å². The molecule has 0 bridgehead atoms. The molecule has 1 atom stereocenters. The van der Waals surface area contributed by atoms with Crippen LogP contribution in [0.1, 0.15) is 24.1 Å². The minimum Gasteiger partial charge on any atom is -0.497 e. The van der Waals surface area contributed by atoms with Crippen molar-refractivity contribution in [3.8, 4) is 17.2 Å². The van der Waals surface area contributed by atoms with Gasteiger partial charge in [-0.15, -0.1) is 0 Å². The molecule has 2 aromatic rings. The van der Waals surface area contributed by atoms with Gasteiger partial charge in [0, 0.05) is 17.7 Å². The highest BCUT2D eigenvalue weighted by atomic mass is 16.5. The molecule has 0 aromatic heterocycles. The molecule has 0 saturated carbocycles. The van der Waals surface area contributed by atoms with E-state index < -0.39 is 0 Å². The fourth-order valence-corrected chi connectivity index (χ4v) is 2.03. The van der Waals surface area contributed by atoms with Crippen LogP contribution in [0.3, 0.4) is 0 Å². The fraction of sp³-hybridized carbons (Fsp3) is 0.294. The first-order valence-corrected chi connectivity index (χ1v) is 6.83. The Morgan fingerprint density at radius 1 is 0.952 bits per heavy atom. The maximum atomic E-state index is 5.98. The van der Waals surface area contributed by atoms with Gasteiger partial charge < -0.3 is 19.9 Å². The predicted molar refractivity (Wildman–Crippen MR) is 82.9 cm³/mol. The highest BCUT2D eigenvalue weighted by Crippen LogP contribution is 2.29. The van der Waals surface area contributed by atoms with E-state index >= 15 is 0 Å². The molecule has 2 aromatic carbocycles. The summed E-state index contributed by atoms with van der Waals surface area (Å²) in [6.45, 7) is 2.40. The van der Waals surface area contributed by atoms with Crippen LogP contribution in [0.4, 0.5) is 0 Å². The monoisotopic (exact) mass is 287 g/mol. The zero-order valence-electron chi connectivity index (χ0n) is 12.6. The second kappa shape index (κ2) is 6.99. The topological polar surface area (TPSA) is 53.7 Å². The number of hydrogen-bond acceptors (Lipinski definition) is 4. The van der Waals surface area contributed by atoms with Gasteiger partial charge in [0.05, 0.1) is 14.2 Å². The van der Waals surface area contributed by atoms with Gasteiger partial charge in [-0.25, -0.2) is 0 Å². The SMILES string of the molecule is COc1ccc(COc2cc(OC)ccc2[C@@H](C)N)cc1. The molecule has 2 N–H and O–H groups in total. The Hall–Kier alpha value is -2.20. The second-order valence-electron chi connectivity index (χ2n) is 4.83. The van der Waals surface area contributed by atoms with E-state index in [-0.39, 0.29) is 6.04 Å². The first-order chi connectivity index (χ1) is 10.1. The van der Waals surface area contributed by atoms with E-state index in [4.69, 9.17) is 19.9 Å². The van der Waals surface area contributed by atoms with Gasteiger partial charge in [-0.1, -0.05) is 18.2 Å². The van der Waals surface area contributed by atoms with Crippen LogP contribution in [0, 0.1) is 0 Å². The third-order valence-electron chi connectivity index (χ3n) is 3.26. The lowest BCUT2D eigenvalue weighted by molar-refractivity contribution is 0.298. The van der Waals surface area contributed by atoms with Crippen LogP contribution in [-0.4, -0.2) is 14.2 Å². The predicted octanol–water partition coefficient (Wildman–Crippen LogP) is 3.30. The van der Waals surface area contributed by atoms with Gasteiger partial charge >= 0.3 is 0 Å². The summed E-state index contributed by atoms with van der Waals surface area (Å²) in [4.78, 5) is 0. The van der Waals surface area contributed by atoms with Crippen LogP contribution >= 0.6 is 0 Å². The molecule has 112 valence electrons. The van der Waals surface area contributed by atoms with E-state index in [0.29, 0.717) is 6.61 Å². The summed E-state index contributed by atoms with van der Waals surface area (Å²) >= 11 is 0. The minimum absolute atomic E-state index is 0.0956. The normalized spacial score (nSPS) is 11.8. The Kier molecular flexibility index (Phi) is 5.06. The lowest BCUT2D eigenvalue weighted by Gasteiger charge is -2.15. The molecule has 4 nitrogen and oxygen atoms in total. The number of benzene rings is 2. The van der Waals surface area contributed by atoms with Crippen molar-refractivity contribution in [2.45, 2.75) is 19.6 Å². The highest BCUT2D eigenvalue weighted by molar-refractivity contribution is 5.42. The summed E-state index contributed by atoms with van der Waals surface area (Å²) in [7, 11) is 3.28. The summed E-state index contributed by atoms with van der Waals surface area (Å²) in [5, 5.41) is 0. The van der Waals surface area contributed by atoms with Crippen LogP contribution in [0.2, 0.25) is 0 Å². The molecule has 0 spiro atoms. The first kappa shape index (κ1) is 15.2. The molecule has 0 aliphatic carbocycles. The van der Waals surface area contributed by atoms with Crippen molar-refractivity contribution in [3.05, 3.63) is 53.6 Å². The number of methoxy groups -OCH3 is 2. The molecule has 0 aliphatic rings. The van der Waals surface area contributed by atoms with Gasteiger partial charge in [-0.2, -0.15) is 0 Å². The lowest BCUT2D eigenvalue weighted by Crippen LogP contribution is -2.08. The number of nitrogens with two attached hydrogens (primary N) is 1. The molecular formula is C17H21NO3. The van der Waals surface area contributed by atoms with Crippen LogP contribution in [-0.2, 0) is 6.61 Å². The lowest BCUT2D eigenvalue weighted by atomic mass is 10.1. The molecule has 0 aliphatic heterocycles. The fourth-order valence-electron chi connectivity index (χ4n) is 2.03. The van der Waals surface area contributed by atoms with Crippen molar-refractivity contribution in [1.82, 2.24) is 0 Å². The van der Waals surface area contributed by atoms with E-state index in [1.165, 1.54) is 0 Å². The summed E-state index contributed by atoms with van der Waals surface area (Å²) in [5.74, 6) is 2.33. The van der Waals surface area contributed by atoms with Crippen LogP contribution in [0.15, 0.2) is 42.5 Å². The Morgan fingerprint density at radius 3 is 2.14 bits per heavy atom. The molecule has 0 heterocycles. The van der Waals surface area contributed by atoms with E-state index in [1.807, 2.05) is 49.4 Å². The Labute approximate surface area is 125 Å². The smallest absolute Gasteiger partial charge is 0.128 e. The molecule has 2 rings (SSSR count). The quantitative estimate of drug-likeness (QED) is 0.885. The Balaban J connectivity index is 2.13. The summed E-state index contributed by atoms with van der Waals surface area (Å²) in [5.41, 5.74) is 8.00. The Morgan fingerprint density at radius 2 is 1.57 bits per heavy atom. The second-order valence-corrected chi connectivity index (χ2v) is 4.83. The molecule has 0 saturated heterocycles. The molecule has 0 fully saturated rings. The maximum absolute atomic E-state index is 5.98. The molecule has 0 unspecified atom stereocenters. The summed E-state index contributed by atoms with van der Waals surface area (Å²) in [6.07, 6.45) is 0. The van der Waals surface area contributed by atoms with Gasteiger partial charge in [0.1, 0.15) is 23.9 Å². The largest absolute Gasteiger partial charge is 0.497 e. The zero-order chi connectivity index (χ0) is 15.2. The van der Waals surface area contributed by atoms with Crippen molar-refractivity contribution in [2.75, 3.05) is 14.2 Å². The standard InChI is InChI=1S/C17H21NO3/c1-12(18)16-9-8-15(20-3)10-17(16)21-11-13-4-6-14(19-2)7-5-13/h4-10,12H,11,18H2,1-3H3/t12-/m1/s1. The average Bonchev–Trinajstić information content (AvgIpc) is 2.52. The van der Waals surface area contributed by atoms with Crippen molar-refractivity contribution in [3.63, 3.8) is 0 Å². The van der Waals surface area contributed by atoms with E-state index in [1.54, 1.807) is 14.2 Å². The molecule has 4 heteroatoms. The zero-order valence-corrected chi connectivity index (χ0v) is 12.6. The molecular weight excluding hydrogens is 266 g/mol. The van der Waals surface area contributed by atoms with Gasteiger partial charge in [-0.3, -0.25) is 0 Å². The number of hydrogen-bond donors (Lipinski definition) is 1. The molecule has 21 heavy (non-hydrogen) atoms. The molecule has 0 radical (unpaired) electrons. The van der Waals surface area contributed by atoms with Crippen LogP contribution in [0.5, 0.6) is 17.2 Å². The third kappa shape index (κ3) is 3.89. The van der Waals surface area contributed by atoms with Crippen molar-refractivity contribution < 1.29 is 14.2 Å². The van der Waals surface area contributed by atoms with Crippen LogP contribution in [0.25, 0.3) is 0 Å². The molecule has 0 amide bonds. The van der Waals surface area contributed by atoms with E-state index in [0.717, 1.165) is 28.4 Å². The van der Waals surface area contributed by atoms with E-state index in [9.17, 15) is 0 Å².